The Labute approximate surface area is 154 Å². The minimum Gasteiger partial charge on any atom is -0.750 e. The van der Waals surface area contributed by atoms with Crippen LogP contribution in [0.1, 0.15) is 5.76 Å². The molecule has 128 valence electrons. The van der Waals surface area contributed by atoms with E-state index in [1.54, 1.807) is 22.2 Å². The fourth-order valence-corrected chi connectivity index (χ4v) is 3.58. The quantitative estimate of drug-likeness (QED) is 0.329. The molecule has 0 unspecified atom stereocenters. The highest BCUT2D eigenvalue weighted by atomic mass is 127. The van der Waals surface area contributed by atoms with E-state index < -0.39 is 21.0 Å². The number of hydrogen-bond donors (Lipinski definition) is 1. The molecule has 0 atom stereocenters. The van der Waals surface area contributed by atoms with Crippen LogP contribution >= 0.6 is 21.0 Å². The molecule has 0 spiro atoms. The van der Waals surface area contributed by atoms with Gasteiger partial charge in [0.05, 0.1) is 5.69 Å². The molecule has 0 radical (unpaired) electrons. The van der Waals surface area contributed by atoms with Crippen LogP contribution in [0.2, 0.25) is 0 Å². The third-order valence-corrected chi connectivity index (χ3v) is 5.06. The first kappa shape index (κ1) is 17.2. The Balaban J connectivity index is 1.81. The third-order valence-electron chi connectivity index (χ3n) is 3.24. The van der Waals surface area contributed by atoms with Crippen LogP contribution in [-0.2, 0) is 4.79 Å². The molecule has 1 aliphatic rings. The van der Waals surface area contributed by atoms with Gasteiger partial charge >= 0.3 is 0 Å². The highest BCUT2D eigenvalue weighted by Gasteiger charge is 2.10. The molecule has 2 aromatic rings. The Hall–Kier alpha value is -2.59. The van der Waals surface area contributed by atoms with Gasteiger partial charge in [0, 0.05) is 11.0 Å². The molecular formula is C17H14IN4O3-. The number of hydrogen-bond acceptors (Lipinski definition) is 5. The summed E-state index contributed by atoms with van der Waals surface area (Å²) in [4.78, 5) is 20.4. The Morgan fingerprint density at radius 1 is 1.40 bits per heavy atom. The predicted molar refractivity (Wildman–Crippen MR) is 108 cm³/mol. The number of halogens is 1. The lowest BCUT2D eigenvalue weighted by Crippen LogP contribution is -2.30. The fraction of sp³-hybridized carbons (Fsp3) is 0.0588. The van der Waals surface area contributed by atoms with E-state index in [9.17, 15) is 10.0 Å². The number of rotatable bonds is 2. The first-order valence-corrected chi connectivity index (χ1v) is 9.45. The SMILES string of the molecule is C=NC(=Nc1ccc2oc(C)cc2c1)NC(=O)C1=CC=CN([O-])I=C1. The monoisotopic (exact) mass is 449 g/mol. The van der Waals surface area contributed by atoms with Gasteiger partial charge in [-0.15, -0.1) is 0 Å². The lowest BCUT2D eigenvalue weighted by Gasteiger charge is -2.17. The van der Waals surface area contributed by atoms with Crippen molar-refractivity contribution < 1.29 is 9.21 Å². The second-order valence-electron chi connectivity index (χ2n) is 5.07. The molecule has 1 aromatic carbocycles. The Kier molecular flexibility index (Phi) is 5.19. The second-order valence-corrected chi connectivity index (χ2v) is 7.20. The molecule has 1 N–H and O–H groups in total. The number of nitrogens with one attached hydrogen (secondary N) is 1. The van der Waals surface area contributed by atoms with Crippen molar-refractivity contribution in [3.8, 4) is 0 Å². The minimum absolute atomic E-state index is 0.0873. The molecule has 0 fully saturated rings. The summed E-state index contributed by atoms with van der Waals surface area (Å²) in [5, 5.41) is 14.8. The van der Waals surface area contributed by atoms with E-state index in [0.29, 0.717) is 11.3 Å². The molecule has 3 rings (SSSR count). The maximum atomic E-state index is 12.3. The summed E-state index contributed by atoms with van der Waals surface area (Å²) in [6.07, 6.45) is 4.51. The third kappa shape index (κ3) is 4.28. The van der Waals surface area contributed by atoms with Crippen LogP contribution in [0.3, 0.4) is 0 Å². The molecule has 25 heavy (non-hydrogen) atoms. The van der Waals surface area contributed by atoms with E-state index in [1.807, 2.05) is 25.1 Å². The molecule has 1 aliphatic heterocycles. The van der Waals surface area contributed by atoms with Crippen molar-refractivity contribution in [3.05, 3.63) is 59.2 Å². The Bertz CT molecular complexity index is 956. The van der Waals surface area contributed by atoms with Crippen molar-refractivity contribution in [2.24, 2.45) is 9.98 Å². The zero-order valence-electron chi connectivity index (χ0n) is 13.3. The van der Waals surface area contributed by atoms with E-state index in [0.717, 1.165) is 20.0 Å². The standard InChI is InChI=1S/C17H14IN4O3/c1-11-8-13-9-14(5-6-15(13)25-11)20-17(19-2)21-16(23)12-4-3-7-22(24)18-10-12/h3-10H,2H2,1H3,(H,20,21,23)/q-1. The number of allylic oxidation sites excluding steroid dienone is 2. The van der Waals surface area contributed by atoms with Crippen molar-refractivity contribution >= 4 is 60.3 Å². The topological polar surface area (TPSA) is 93.3 Å². The lowest BCUT2D eigenvalue weighted by atomic mass is 10.2. The number of carbonyl (C=O) groups is 1. The van der Waals surface area contributed by atoms with Gasteiger partial charge in [-0.25, -0.2) is 9.98 Å². The van der Waals surface area contributed by atoms with E-state index in [4.69, 9.17) is 4.42 Å². The number of fused-ring (bicyclic) bond motifs is 1. The molecule has 8 heteroatoms. The van der Waals surface area contributed by atoms with E-state index in [2.05, 4.69) is 22.0 Å². The van der Waals surface area contributed by atoms with Crippen LogP contribution in [0.4, 0.5) is 5.69 Å². The summed E-state index contributed by atoms with van der Waals surface area (Å²) in [6, 6.07) is 7.32. The van der Waals surface area contributed by atoms with E-state index in [-0.39, 0.29) is 11.9 Å². The summed E-state index contributed by atoms with van der Waals surface area (Å²) in [5.74, 6) is 0.515. The molecule has 2 heterocycles. The van der Waals surface area contributed by atoms with Crippen molar-refractivity contribution in [2.45, 2.75) is 6.92 Å². The largest absolute Gasteiger partial charge is 0.750 e. The predicted octanol–water partition coefficient (Wildman–Crippen LogP) is 3.49. The highest BCUT2D eigenvalue weighted by molar-refractivity contribution is 14.2. The summed E-state index contributed by atoms with van der Waals surface area (Å²) >= 11 is -0.906. The maximum absolute atomic E-state index is 12.3. The first-order chi connectivity index (χ1) is 12.0. The van der Waals surface area contributed by atoms with Gasteiger partial charge in [0.15, 0.2) is 0 Å². The fourth-order valence-electron chi connectivity index (χ4n) is 2.14. The van der Waals surface area contributed by atoms with Crippen LogP contribution in [0.25, 0.3) is 11.0 Å². The average molecular weight is 449 g/mol. The number of hydroxylamine groups is 1. The zero-order chi connectivity index (χ0) is 17.8. The van der Waals surface area contributed by atoms with Gasteiger partial charge in [-0.05, 0) is 81.3 Å². The van der Waals surface area contributed by atoms with Crippen LogP contribution in [0.5, 0.6) is 0 Å². The summed E-state index contributed by atoms with van der Waals surface area (Å²) in [5.41, 5.74) is 1.79. The van der Waals surface area contributed by atoms with Gasteiger partial charge in [0.1, 0.15) is 11.3 Å². The Morgan fingerprint density at radius 3 is 3.04 bits per heavy atom. The van der Waals surface area contributed by atoms with Gasteiger partial charge in [-0.2, -0.15) is 0 Å². The van der Waals surface area contributed by atoms with Gasteiger partial charge in [-0.3, -0.25) is 10.1 Å². The number of benzene rings is 1. The first-order valence-electron chi connectivity index (χ1n) is 7.24. The van der Waals surface area contributed by atoms with E-state index >= 15 is 0 Å². The van der Waals surface area contributed by atoms with Crippen LogP contribution in [-0.4, -0.2) is 25.9 Å². The van der Waals surface area contributed by atoms with Crippen LogP contribution in [0, 0.1) is 12.1 Å². The molecule has 0 saturated carbocycles. The van der Waals surface area contributed by atoms with Gasteiger partial charge in [0.25, 0.3) is 5.91 Å². The maximum Gasteiger partial charge on any atom is 0.258 e. The normalized spacial score (nSPS) is 14.7. The Morgan fingerprint density at radius 2 is 2.24 bits per heavy atom. The summed E-state index contributed by atoms with van der Waals surface area (Å²) in [6.45, 7) is 5.32. The zero-order valence-corrected chi connectivity index (χ0v) is 15.4. The van der Waals surface area contributed by atoms with Crippen molar-refractivity contribution in [1.29, 1.82) is 0 Å². The van der Waals surface area contributed by atoms with E-state index in [1.165, 1.54) is 6.20 Å². The van der Waals surface area contributed by atoms with Crippen LogP contribution in [0.15, 0.2) is 62.6 Å². The molecule has 0 aliphatic carbocycles. The molecular weight excluding hydrogens is 435 g/mol. The number of furan rings is 1. The van der Waals surface area contributed by atoms with Gasteiger partial charge in [-0.1, -0.05) is 0 Å². The van der Waals surface area contributed by atoms with Gasteiger partial charge in [0.2, 0.25) is 5.96 Å². The molecule has 0 bridgehead atoms. The number of carbonyl (C=O) groups excluding carboxylic acids is 1. The van der Waals surface area contributed by atoms with Crippen LogP contribution < -0.4 is 5.32 Å². The average Bonchev–Trinajstić information content (AvgIpc) is 2.81. The van der Waals surface area contributed by atoms with Crippen molar-refractivity contribution in [3.63, 3.8) is 0 Å². The lowest BCUT2D eigenvalue weighted by molar-refractivity contribution is -0.115. The van der Waals surface area contributed by atoms with Crippen molar-refractivity contribution in [2.75, 3.05) is 0 Å². The molecule has 1 amide bonds. The smallest absolute Gasteiger partial charge is 0.258 e. The summed E-state index contributed by atoms with van der Waals surface area (Å²) in [7, 11) is 0. The van der Waals surface area contributed by atoms with Crippen molar-refractivity contribution in [1.82, 2.24) is 8.59 Å². The van der Waals surface area contributed by atoms with Gasteiger partial charge < -0.3 is 12.9 Å². The summed E-state index contributed by atoms with van der Waals surface area (Å²) < 4.78 is 7.99. The minimum atomic E-state index is -0.906. The number of nitrogens with zero attached hydrogens (tertiary/aromatic N) is 3. The number of aliphatic imine (C=N–C) groups is 2. The second kappa shape index (κ2) is 7.53. The highest BCUT2D eigenvalue weighted by Crippen LogP contribution is 2.24. The number of amides is 1. The molecule has 1 aromatic heterocycles. The number of aryl methyl sites for hydroxylation is 1. The molecule has 0 saturated heterocycles. The molecule has 7 nitrogen and oxygen atoms in total. The number of guanidine groups is 1.